The summed E-state index contributed by atoms with van der Waals surface area (Å²) in [5.74, 6) is 0.663. The van der Waals surface area contributed by atoms with Gasteiger partial charge in [-0.15, -0.1) is 0 Å². The smallest absolute Gasteiger partial charge is 0.494 e. The Kier molecular flexibility index (Phi) is 4.34. The van der Waals surface area contributed by atoms with E-state index in [1.807, 2.05) is 19.1 Å². The van der Waals surface area contributed by atoms with Crippen molar-refractivity contribution in [3.8, 4) is 23.0 Å². The molecule has 0 aromatic heterocycles. The molecule has 0 bridgehead atoms. The number of phosphoric acid groups is 1. The molecule has 2 heterocycles. The fraction of sp³-hybridized carbons (Fsp3) is 0.136. The Morgan fingerprint density at radius 3 is 2.26 bits per heavy atom. The number of esters is 1. The van der Waals surface area contributed by atoms with Crippen molar-refractivity contribution in [3.63, 3.8) is 0 Å². The van der Waals surface area contributed by atoms with Crippen molar-refractivity contribution < 1.29 is 37.9 Å². The number of carbonyl (C=O) groups is 1. The summed E-state index contributed by atoms with van der Waals surface area (Å²) in [7, 11) is -4.76. The third-order valence-corrected chi connectivity index (χ3v) is 5.64. The van der Waals surface area contributed by atoms with E-state index in [0.717, 1.165) is 0 Å². The third kappa shape index (κ3) is 3.08. The van der Waals surface area contributed by atoms with Gasteiger partial charge in [0.25, 0.3) is 0 Å². The predicted octanol–water partition coefficient (Wildman–Crippen LogP) is 4.12. The lowest BCUT2D eigenvalue weighted by Crippen LogP contribution is -2.33. The van der Waals surface area contributed by atoms with Crippen molar-refractivity contribution >= 4 is 13.8 Å². The van der Waals surface area contributed by atoms with Gasteiger partial charge >= 0.3 is 13.8 Å². The summed E-state index contributed by atoms with van der Waals surface area (Å²) in [5.41, 5.74) is 0.942. The molecule has 9 heteroatoms. The topological polar surface area (TPSA) is 112 Å². The largest absolute Gasteiger partial charge is 0.524 e. The normalized spacial score (nSPS) is 18.5. The lowest BCUT2D eigenvalue weighted by atomic mass is 9.77. The van der Waals surface area contributed by atoms with Crippen LogP contribution < -0.4 is 14.0 Å². The first-order valence-electron chi connectivity index (χ1n) is 9.49. The summed E-state index contributed by atoms with van der Waals surface area (Å²) in [4.78, 5) is 31.1. The zero-order valence-corrected chi connectivity index (χ0v) is 17.2. The van der Waals surface area contributed by atoms with Gasteiger partial charge in [0.15, 0.2) is 5.60 Å². The van der Waals surface area contributed by atoms with E-state index in [9.17, 15) is 9.36 Å². The monoisotopic (exact) mass is 440 g/mol. The average Bonchev–Trinajstić information content (AvgIpc) is 3.00. The molecule has 0 amide bonds. The first kappa shape index (κ1) is 19.6. The molecule has 3 aromatic rings. The van der Waals surface area contributed by atoms with Gasteiger partial charge < -0.3 is 18.7 Å². The second kappa shape index (κ2) is 6.85. The molecule has 2 aliphatic rings. The number of rotatable bonds is 4. The van der Waals surface area contributed by atoms with E-state index < -0.39 is 19.4 Å². The highest BCUT2D eigenvalue weighted by Gasteiger charge is 2.53. The molecule has 31 heavy (non-hydrogen) atoms. The minimum Gasteiger partial charge on any atom is -0.494 e. The van der Waals surface area contributed by atoms with Gasteiger partial charge in [0.2, 0.25) is 0 Å². The summed E-state index contributed by atoms with van der Waals surface area (Å²) >= 11 is 0. The second-order valence-corrected chi connectivity index (χ2v) is 8.21. The lowest BCUT2D eigenvalue weighted by molar-refractivity contribution is 0.0224. The Morgan fingerprint density at radius 2 is 1.58 bits per heavy atom. The van der Waals surface area contributed by atoms with Crippen LogP contribution in [0.3, 0.4) is 0 Å². The van der Waals surface area contributed by atoms with Gasteiger partial charge in [0, 0.05) is 28.8 Å². The van der Waals surface area contributed by atoms with Gasteiger partial charge in [-0.05, 0) is 37.3 Å². The Morgan fingerprint density at radius 1 is 0.935 bits per heavy atom. The van der Waals surface area contributed by atoms with Crippen molar-refractivity contribution in [2.24, 2.45) is 0 Å². The number of benzene rings is 3. The van der Waals surface area contributed by atoms with Crippen LogP contribution in [0.4, 0.5) is 0 Å². The van der Waals surface area contributed by atoms with Crippen LogP contribution in [0.2, 0.25) is 0 Å². The SMILES string of the molecule is CCOc1ccc2c(c1)Oc1cc(OP(=O)(O)O)ccc1C21OC(=O)c2ccccc21. The second-order valence-electron chi connectivity index (χ2n) is 7.05. The zero-order chi connectivity index (χ0) is 21.8. The Hall–Kier alpha value is -3.32. The van der Waals surface area contributed by atoms with E-state index in [0.29, 0.717) is 40.4 Å². The molecule has 1 spiro atoms. The maximum atomic E-state index is 12.8. The molecular weight excluding hydrogens is 423 g/mol. The first-order chi connectivity index (χ1) is 14.8. The third-order valence-electron chi connectivity index (χ3n) is 5.19. The molecule has 1 atom stereocenters. The molecule has 8 nitrogen and oxygen atoms in total. The van der Waals surface area contributed by atoms with Gasteiger partial charge in [-0.3, -0.25) is 9.79 Å². The fourth-order valence-corrected chi connectivity index (χ4v) is 4.48. The summed E-state index contributed by atoms with van der Waals surface area (Å²) in [6.07, 6.45) is 0. The fourth-order valence-electron chi connectivity index (χ4n) is 4.09. The number of hydrogen-bond donors (Lipinski definition) is 2. The van der Waals surface area contributed by atoms with Crippen molar-refractivity contribution in [2.75, 3.05) is 6.61 Å². The van der Waals surface area contributed by atoms with Crippen LogP contribution in [0, 0.1) is 0 Å². The minimum absolute atomic E-state index is 0.0794. The summed E-state index contributed by atoms with van der Waals surface area (Å²) in [6, 6.07) is 16.7. The molecule has 158 valence electrons. The Balaban J connectivity index is 1.76. The maximum Gasteiger partial charge on any atom is 0.524 e. The van der Waals surface area contributed by atoms with Crippen LogP contribution in [0.15, 0.2) is 60.7 Å². The molecule has 0 saturated carbocycles. The van der Waals surface area contributed by atoms with E-state index in [4.69, 9.17) is 28.5 Å². The Labute approximate surface area is 177 Å². The number of ether oxygens (including phenoxy) is 3. The van der Waals surface area contributed by atoms with Gasteiger partial charge in [0.1, 0.15) is 23.0 Å². The zero-order valence-electron chi connectivity index (χ0n) is 16.3. The van der Waals surface area contributed by atoms with E-state index >= 15 is 0 Å². The summed E-state index contributed by atoms with van der Waals surface area (Å²) in [5, 5.41) is 0. The molecule has 2 N–H and O–H groups in total. The highest BCUT2D eigenvalue weighted by Crippen LogP contribution is 2.57. The summed E-state index contributed by atoms with van der Waals surface area (Å²) < 4.78 is 33.6. The molecule has 3 aromatic carbocycles. The Bertz CT molecular complexity index is 1260. The standard InChI is InChI=1S/C22H17O8P/c1-2-27-13-7-9-17-19(11-13)28-20-12-14(30-31(24,25)26)8-10-18(20)22(17)16-6-4-3-5-15(16)21(23)29-22/h3-12H,2H2,1H3,(H2,24,25,26). The van der Waals surface area contributed by atoms with Crippen LogP contribution in [0.1, 0.15) is 34.0 Å². The van der Waals surface area contributed by atoms with Crippen molar-refractivity contribution in [1.29, 1.82) is 0 Å². The first-order valence-corrected chi connectivity index (χ1v) is 11.0. The quantitative estimate of drug-likeness (QED) is 0.460. The van der Waals surface area contributed by atoms with Crippen LogP contribution in [0.5, 0.6) is 23.0 Å². The molecule has 2 aliphatic heterocycles. The van der Waals surface area contributed by atoms with E-state index in [1.54, 1.807) is 36.4 Å². The average molecular weight is 440 g/mol. The van der Waals surface area contributed by atoms with Crippen molar-refractivity contribution in [2.45, 2.75) is 12.5 Å². The molecular formula is C22H17O8P. The number of fused-ring (bicyclic) bond motifs is 6. The van der Waals surface area contributed by atoms with Gasteiger partial charge in [-0.25, -0.2) is 9.36 Å². The van der Waals surface area contributed by atoms with Gasteiger partial charge in [0.05, 0.1) is 12.2 Å². The summed E-state index contributed by atoms with van der Waals surface area (Å²) in [6.45, 7) is 2.32. The molecule has 0 radical (unpaired) electrons. The van der Waals surface area contributed by atoms with E-state index in [1.165, 1.54) is 12.1 Å². The molecule has 0 aliphatic carbocycles. The number of phosphoric ester groups is 1. The van der Waals surface area contributed by atoms with Crippen LogP contribution in [-0.4, -0.2) is 22.4 Å². The molecule has 0 saturated heterocycles. The number of carbonyl (C=O) groups excluding carboxylic acids is 1. The maximum absolute atomic E-state index is 12.8. The molecule has 5 rings (SSSR count). The minimum atomic E-state index is -4.76. The van der Waals surface area contributed by atoms with Crippen molar-refractivity contribution in [1.82, 2.24) is 0 Å². The highest BCUT2D eigenvalue weighted by atomic mass is 31.2. The van der Waals surface area contributed by atoms with Crippen LogP contribution in [0.25, 0.3) is 0 Å². The number of hydrogen-bond acceptors (Lipinski definition) is 6. The highest BCUT2D eigenvalue weighted by molar-refractivity contribution is 7.46. The van der Waals surface area contributed by atoms with Crippen LogP contribution >= 0.6 is 7.82 Å². The molecule has 1 unspecified atom stereocenters. The predicted molar refractivity (Wildman–Crippen MR) is 109 cm³/mol. The van der Waals surface area contributed by atoms with Gasteiger partial charge in [-0.2, -0.15) is 0 Å². The van der Waals surface area contributed by atoms with Crippen LogP contribution in [-0.2, 0) is 14.9 Å². The molecule has 0 fully saturated rings. The van der Waals surface area contributed by atoms with Gasteiger partial charge in [-0.1, -0.05) is 18.2 Å². The van der Waals surface area contributed by atoms with E-state index in [2.05, 4.69) is 0 Å². The van der Waals surface area contributed by atoms with E-state index in [-0.39, 0.29) is 11.5 Å². The van der Waals surface area contributed by atoms with Crippen molar-refractivity contribution in [3.05, 3.63) is 82.9 Å². The lowest BCUT2D eigenvalue weighted by Gasteiger charge is -2.36.